The molecule has 1 unspecified atom stereocenters. The van der Waals surface area contributed by atoms with Crippen molar-refractivity contribution in [2.75, 3.05) is 0 Å². The van der Waals surface area contributed by atoms with Gasteiger partial charge in [0.25, 0.3) is 0 Å². The van der Waals surface area contributed by atoms with Gasteiger partial charge in [0.15, 0.2) is 11.6 Å². The summed E-state index contributed by atoms with van der Waals surface area (Å²) in [6.07, 6.45) is 16.5. The molecule has 0 fully saturated rings. The molecule has 0 bridgehead atoms. The van der Waals surface area contributed by atoms with E-state index in [1.807, 2.05) is 18.2 Å². The SMILES string of the molecule is C1=CCC(c2ccc(-n3c(-c4ccccc4)nnc3-c3ccc(-n4c5c(c6ccccc64)CCC=C5)cc3)cc2)C=C1. The van der Waals surface area contributed by atoms with Gasteiger partial charge < -0.3 is 4.57 Å². The van der Waals surface area contributed by atoms with Gasteiger partial charge in [-0.3, -0.25) is 4.57 Å². The zero-order valence-corrected chi connectivity index (χ0v) is 23.3. The molecule has 2 aliphatic carbocycles. The van der Waals surface area contributed by atoms with E-state index in [2.05, 4.69) is 131 Å². The Balaban J connectivity index is 1.22. The summed E-state index contributed by atoms with van der Waals surface area (Å²) in [6.45, 7) is 0. The molecule has 2 aromatic heterocycles. The predicted octanol–water partition coefficient (Wildman–Crippen LogP) is 9.10. The zero-order valence-electron chi connectivity index (χ0n) is 23.3. The summed E-state index contributed by atoms with van der Waals surface area (Å²) in [5, 5.41) is 10.8. The molecule has 0 saturated carbocycles. The molecule has 0 spiro atoms. The Morgan fingerprint density at radius 3 is 2.07 bits per heavy atom. The van der Waals surface area contributed by atoms with Crippen molar-refractivity contribution in [3.8, 4) is 34.2 Å². The normalized spacial score (nSPS) is 15.8. The third-order valence-electron chi connectivity index (χ3n) is 8.50. The van der Waals surface area contributed by atoms with Gasteiger partial charge in [-0.05, 0) is 78.9 Å². The number of benzene rings is 4. The lowest BCUT2D eigenvalue weighted by molar-refractivity contribution is 0.852. The van der Waals surface area contributed by atoms with Gasteiger partial charge in [0.2, 0.25) is 0 Å². The molecule has 42 heavy (non-hydrogen) atoms. The minimum absolute atomic E-state index is 0.413. The predicted molar refractivity (Wildman–Crippen MR) is 172 cm³/mol. The molecule has 4 nitrogen and oxygen atoms in total. The maximum atomic E-state index is 4.74. The van der Waals surface area contributed by atoms with Crippen molar-refractivity contribution in [1.82, 2.24) is 19.3 Å². The maximum Gasteiger partial charge on any atom is 0.168 e. The minimum atomic E-state index is 0.413. The van der Waals surface area contributed by atoms with E-state index < -0.39 is 0 Å². The van der Waals surface area contributed by atoms with E-state index in [1.54, 1.807) is 0 Å². The molecule has 6 aromatic rings. The van der Waals surface area contributed by atoms with Crippen molar-refractivity contribution in [3.05, 3.63) is 150 Å². The fourth-order valence-electron chi connectivity index (χ4n) is 6.41. The van der Waals surface area contributed by atoms with E-state index in [9.17, 15) is 0 Å². The largest absolute Gasteiger partial charge is 0.310 e. The Hall–Kier alpha value is -5.22. The van der Waals surface area contributed by atoms with Crippen LogP contribution in [0.1, 0.15) is 35.6 Å². The van der Waals surface area contributed by atoms with Crippen LogP contribution in [0.5, 0.6) is 0 Å². The third-order valence-corrected chi connectivity index (χ3v) is 8.50. The van der Waals surface area contributed by atoms with Crippen LogP contribution in [0.25, 0.3) is 51.1 Å². The van der Waals surface area contributed by atoms with Crippen LogP contribution in [0.15, 0.2) is 134 Å². The molecule has 0 N–H and O–H groups in total. The molecule has 1 atom stereocenters. The standard InChI is InChI=1S/C38H30N4/c1-3-11-27(12-4-1)28-19-23-32(24-20-28)42-37(29-13-5-2-6-14-29)39-40-38(42)30-21-25-31(26-22-30)41-35-17-9-7-15-33(35)34-16-8-10-18-36(34)41/h1-7,9-11,13-15,17-27H,8,12,16H2. The van der Waals surface area contributed by atoms with Gasteiger partial charge in [-0.1, -0.05) is 91.0 Å². The quantitative estimate of drug-likeness (QED) is 0.218. The molecule has 0 saturated heterocycles. The molecular weight excluding hydrogens is 512 g/mol. The van der Waals surface area contributed by atoms with E-state index in [-0.39, 0.29) is 0 Å². The first-order valence-corrected chi connectivity index (χ1v) is 14.7. The van der Waals surface area contributed by atoms with Crippen LogP contribution in [0.2, 0.25) is 0 Å². The fourth-order valence-corrected chi connectivity index (χ4v) is 6.41. The Bertz CT molecular complexity index is 1980. The van der Waals surface area contributed by atoms with Crippen LogP contribution in [0.4, 0.5) is 0 Å². The Morgan fingerprint density at radius 2 is 1.31 bits per heavy atom. The van der Waals surface area contributed by atoms with E-state index in [0.717, 1.165) is 53.4 Å². The van der Waals surface area contributed by atoms with Crippen molar-refractivity contribution >= 4 is 17.0 Å². The first-order chi connectivity index (χ1) is 20.8. The van der Waals surface area contributed by atoms with Crippen LogP contribution in [0.3, 0.4) is 0 Å². The maximum absolute atomic E-state index is 4.74. The Morgan fingerprint density at radius 1 is 0.619 bits per heavy atom. The van der Waals surface area contributed by atoms with Crippen molar-refractivity contribution < 1.29 is 0 Å². The summed E-state index contributed by atoms with van der Waals surface area (Å²) in [5.41, 5.74) is 9.55. The summed E-state index contributed by atoms with van der Waals surface area (Å²) >= 11 is 0. The highest BCUT2D eigenvalue weighted by molar-refractivity contribution is 5.90. The van der Waals surface area contributed by atoms with Crippen molar-refractivity contribution in [2.45, 2.75) is 25.2 Å². The molecule has 4 aromatic carbocycles. The fraction of sp³-hybridized carbons (Fsp3) is 0.105. The molecular formula is C38H30N4. The lowest BCUT2D eigenvalue weighted by Crippen LogP contribution is -2.03. The Kier molecular flexibility index (Phi) is 6.03. The number of hydrogen-bond donors (Lipinski definition) is 0. The van der Waals surface area contributed by atoms with E-state index >= 15 is 0 Å². The number of para-hydroxylation sites is 1. The summed E-state index contributed by atoms with van der Waals surface area (Å²) < 4.78 is 4.57. The summed E-state index contributed by atoms with van der Waals surface area (Å²) in [6, 6.07) is 36.7. The van der Waals surface area contributed by atoms with Crippen LogP contribution < -0.4 is 0 Å². The van der Waals surface area contributed by atoms with Crippen LogP contribution in [0, 0.1) is 0 Å². The lowest BCUT2D eigenvalue weighted by atomic mass is 9.92. The first kappa shape index (κ1) is 24.6. The van der Waals surface area contributed by atoms with Crippen LogP contribution in [-0.2, 0) is 6.42 Å². The van der Waals surface area contributed by atoms with Gasteiger partial charge in [-0.15, -0.1) is 10.2 Å². The second-order valence-electron chi connectivity index (χ2n) is 11.0. The lowest BCUT2D eigenvalue weighted by Gasteiger charge is -2.16. The van der Waals surface area contributed by atoms with Gasteiger partial charge in [-0.2, -0.15) is 0 Å². The minimum Gasteiger partial charge on any atom is -0.310 e. The average Bonchev–Trinajstić information content (AvgIpc) is 3.66. The highest BCUT2D eigenvalue weighted by Crippen LogP contribution is 2.35. The van der Waals surface area contributed by atoms with Gasteiger partial charge in [0.05, 0.1) is 5.52 Å². The number of aryl methyl sites for hydroxylation is 1. The monoisotopic (exact) mass is 542 g/mol. The molecule has 0 radical (unpaired) electrons. The number of hydrogen-bond acceptors (Lipinski definition) is 2. The molecule has 0 amide bonds. The first-order valence-electron chi connectivity index (χ1n) is 14.7. The van der Waals surface area contributed by atoms with Gasteiger partial charge in [0.1, 0.15) is 0 Å². The summed E-state index contributed by atoms with van der Waals surface area (Å²) in [5.74, 6) is 2.07. The highest BCUT2D eigenvalue weighted by Gasteiger charge is 2.20. The van der Waals surface area contributed by atoms with Gasteiger partial charge >= 0.3 is 0 Å². The molecule has 2 aliphatic rings. The van der Waals surface area contributed by atoms with Gasteiger partial charge in [-0.25, -0.2) is 0 Å². The van der Waals surface area contributed by atoms with E-state index in [1.165, 1.54) is 27.7 Å². The average molecular weight is 543 g/mol. The number of fused-ring (bicyclic) bond motifs is 3. The third kappa shape index (κ3) is 4.15. The van der Waals surface area contributed by atoms with Crippen molar-refractivity contribution in [3.63, 3.8) is 0 Å². The molecule has 2 heterocycles. The molecule has 4 heteroatoms. The molecule has 8 rings (SSSR count). The highest BCUT2D eigenvalue weighted by atomic mass is 15.3. The molecule has 0 aliphatic heterocycles. The smallest absolute Gasteiger partial charge is 0.168 e. The number of allylic oxidation sites excluding steroid dienone is 5. The topological polar surface area (TPSA) is 35.6 Å². The van der Waals surface area contributed by atoms with Gasteiger partial charge in [0, 0.05) is 39.5 Å². The van der Waals surface area contributed by atoms with Crippen molar-refractivity contribution in [1.29, 1.82) is 0 Å². The molecule has 202 valence electrons. The zero-order chi connectivity index (χ0) is 27.9. The number of aromatic nitrogens is 4. The second-order valence-corrected chi connectivity index (χ2v) is 11.0. The van der Waals surface area contributed by atoms with Crippen LogP contribution in [-0.4, -0.2) is 19.3 Å². The number of nitrogens with zero attached hydrogens (tertiary/aromatic N) is 4. The van der Waals surface area contributed by atoms with E-state index in [4.69, 9.17) is 10.2 Å². The van der Waals surface area contributed by atoms with E-state index in [0.29, 0.717) is 5.92 Å². The second kappa shape index (κ2) is 10.3. The van der Waals surface area contributed by atoms with Crippen LogP contribution >= 0.6 is 0 Å². The summed E-state index contributed by atoms with van der Waals surface area (Å²) in [4.78, 5) is 0. The summed E-state index contributed by atoms with van der Waals surface area (Å²) in [7, 11) is 0. The van der Waals surface area contributed by atoms with Crippen molar-refractivity contribution in [2.24, 2.45) is 0 Å². The number of rotatable bonds is 5. The Labute approximate surface area is 245 Å².